The summed E-state index contributed by atoms with van der Waals surface area (Å²) >= 11 is 5.98. The van der Waals surface area contributed by atoms with Gasteiger partial charge in [0.2, 0.25) is 5.91 Å². The molecule has 0 aromatic heterocycles. The fourth-order valence-corrected chi connectivity index (χ4v) is 3.23. The molecule has 1 saturated heterocycles. The Morgan fingerprint density at radius 2 is 1.90 bits per heavy atom. The average molecular weight is 309 g/mol. The molecule has 1 fully saturated rings. The van der Waals surface area contributed by atoms with Gasteiger partial charge in [-0.1, -0.05) is 50.9 Å². The van der Waals surface area contributed by atoms with Crippen LogP contribution in [0.15, 0.2) is 24.3 Å². The second kappa shape index (κ2) is 7.28. The summed E-state index contributed by atoms with van der Waals surface area (Å²) in [6.45, 7) is 6.38. The number of amides is 1. The zero-order chi connectivity index (χ0) is 15.4. The molecule has 2 rings (SSSR count). The molecular formula is C17H25ClN2O. The minimum absolute atomic E-state index is 0.0313. The van der Waals surface area contributed by atoms with Gasteiger partial charge in [-0.3, -0.25) is 10.1 Å². The van der Waals surface area contributed by atoms with Crippen molar-refractivity contribution >= 4 is 17.5 Å². The minimum Gasteiger partial charge on any atom is -0.319 e. The van der Waals surface area contributed by atoms with Crippen LogP contribution in [0.3, 0.4) is 0 Å². The standard InChI is InChI=1S/C17H25ClN2O/c1-4-7-14(5-2)20-16(19-15(6-3)17(20)21)12-8-10-13(18)11-9-12/h8-11,14-16,19H,4-7H2,1-3H3. The van der Waals surface area contributed by atoms with Crippen LogP contribution in [0.5, 0.6) is 0 Å². The lowest BCUT2D eigenvalue weighted by molar-refractivity contribution is -0.132. The first-order valence-electron chi connectivity index (χ1n) is 7.96. The molecule has 1 N–H and O–H groups in total. The van der Waals surface area contributed by atoms with Gasteiger partial charge in [0.05, 0.1) is 6.04 Å². The maximum atomic E-state index is 12.7. The van der Waals surface area contributed by atoms with Gasteiger partial charge in [0.1, 0.15) is 6.17 Å². The number of nitrogens with zero attached hydrogens (tertiary/aromatic N) is 1. The van der Waals surface area contributed by atoms with E-state index in [-0.39, 0.29) is 18.1 Å². The summed E-state index contributed by atoms with van der Waals surface area (Å²) in [5.41, 5.74) is 1.11. The Bertz CT molecular complexity index is 474. The molecule has 3 nitrogen and oxygen atoms in total. The van der Waals surface area contributed by atoms with Crippen LogP contribution in [0.1, 0.15) is 58.2 Å². The molecule has 3 unspecified atom stereocenters. The smallest absolute Gasteiger partial charge is 0.241 e. The zero-order valence-electron chi connectivity index (χ0n) is 13.1. The quantitative estimate of drug-likeness (QED) is 0.857. The molecule has 1 amide bonds. The monoisotopic (exact) mass is 308 g/mol. The molecule has 4 heteroatoms. The third-order valence-electron chi connectivity index (χ3n) is 4.27. The van der Waals surface area contributed by atoms with Gasteiger partial charge in [-0.15, -0.1) is 0 Å². The first kappa shape index (κ1) is 16.3. The van der Waals surface area contributed by atoms with Crippen molar-refractivity contribution in [2.24, 2.45) is 0 Å². The number of hydrogen-bond donors (Lipinski definition) is 1. The van der Waals surface area contributed by atoms with Crippen molar-refractivity contribution in [3.63, 3.8) is 0 Å². The molecule has 1 aliphatic heterocycles. The van der Waals surface area contributed by atoms with E-state index in [0.29, 0.717) is 6.04 Å². The number of carbonyl (C=O) groups is 1. The van der Waals surface area contributed by atoms with E-state index in [1.165, 1.54) is 0 Å². The highest BCUT2D eigenvalue weighted by atomic mass is 35.5. The highest BCUT2D eigenvalue weighted by Gasteiger charge is 2.41. The summed E-state index contributed by atoms with van der Waals surface area (Å²) in [5.74, 6) is 0.234. The summed E-state index contributed by atoms with van der Waals surface area (Å²) in [4.78, 5) is 14.8. The summed E-state index contributed by atoms with van der Waals surface area (Å²) in [6, 6.07) is 8.03. The lowest BCUT2D eigenvalue weighted by Gasteiger charge is -2.32. The first-order valence-corrected chi connectivity index (χ1v) is 8.33. The van der Waals surface area contributed by atoms with Gasteiger partial charge < -0.3 is 4.90 Å². The number of nitrogens with one attached hydrogen (secondary N) is 1. The van der Waals surface area contributed by atoms with Crippen molar-refractivity contribution in [1.29, 1.82) is 0 Å². The van der Waals surface area contributed by atoms with Gasteiger partial charge in [0.15, 0.2) is 0 Å². The molecule has 0 aliphatic carbocycles. The number of carbonyl (C=O) groups excluding carboxylic acids is 1. The Morgan fingerprint density at radius 1 is 1.24 bits per heavy atom. The van der Waals surface area contributed by atoms with Gasteiger partial charge in [-0.25, -0.2) is 0 Å². The van der Waals surface area contributed by atoms with E-state index in [9.17, 15) is 4.79 Å². The molecule has 1 aromatic rings. The molecule has 1 aliphatic rings. The minimum atomic E-state index is -0.0726. The van der Waals surface area contributed by atoms with Gasteiger partial charge >= 0.3 is 0 Å². The topological polar surface area (TPSA) is 32.3 Å². The van der Waals surface area contributed by atoms with Crippen molar-refractivity contribution in [1.82, 2.24) is 10.2 Å². The van der Waals surface area contributed by atoms with Gasteiger partial charge in [0.25, 0.3) is 0 Å². The van der Waals surface area contributed by atoms with Crippen LogP contribution in [0.25, 0.3) is 0 Å². The normalized spacial score (nSPS) is 23.6. The Labute approximate surface area is 132 Å². The third-order valence-corrected chi connectivity index (χ3v) is 4.52. The fraction of sp³-hybridized carbons (Fsp3) is 0.588. The predicted octanol–water partition coefficient (Wildman–Crippen LogP) is 4.13. The summed E-state index contributed by atoms with van der Waals surface area (Å²) in [6.07, 6.45) is 3.91. The Kier molecular flexibility index (Phi) is 5.65. The molecule has 116 valence electrons. The molecule has 21 heavy (non-hydrogen) atoms. The van der Waals surface area contributed by atoms with E-state index in [2.05, 4.69) is 31.0 Å². The zero-order valence-corrected chi connectivity index (χ0v) is 13.9. The highest BCUT2D eigenvalue weighted by molar-refractivity contribution is 6.30. The Balaban J connectivity index is 2.31. The summed E-state index contributed by atoms with van der Waals surface area (Å²) in [7, 11) is 0. The van der Waals surface area contributed by atoms with Crippen molar-refractivity contribution in [2.45, 2.75) is 64.7 Å². The lowest BCUT2D eigenvalue weighted by Crippen LogP contribution is -2.39. The maximum absolute atomic E-state index is 12.7. The van der Waals surface area contributed by atoms with Crippen LogP contribution < -0.4 is 5.32 Å². The fourth-order valence-electron chi connectivity index (χ4n) is 3.11. The predicted molar refractivity (Wildman–Crippen MR) is 87.2 cm³/mol. The molecular weight excluding hydrogens is 284 g/mol. The molecule has 1 heterocycles. The molecule has 1 aromatic carbocycles. The van der Waals surface area contributed by atoms with E-state index in [1.54, 1.807) is 0 Å². The SMILES string of the molecule is CCCC(CC)N1C(=O)C(CC)NC1c1ccc(Cl)cc1. The van der Waals surface area contributed by atoms with Crippen molar-refractivity contribution in [3.8, 4) is 0 Å². The second-order valence-corrected chi connectivity index (χ2v) is 6.11. The second-order valence-electron chi connectivity index (χ2n) is 5.68. The van der Waals surface area contributed by atoms with Gasteiger partial charge in [0, 0.05) is 11.1 Å². The molecule has 0 spiro atoms. The molecule has 0 saturated carbocycles. The van der Waals surface area contributed by atoms with Gasteiger partial charge in [-0.2, -0.15) is 0 Å². The van der Waals surface area contributed by atoms with Crippen LogP contribution in [-0.4, -0.2) is 22.9 Å². The van der Waals surface area contributed by atoms with Crippen LogP contribution >= 0.6 is 11.6 Å². The van der Waals surface area contributed by atoms with Crippen LogP contribution in [-0.2, 0) is 4.79 Å². The molecule has 3 atom stereocenters. The number of halogens is 1. The Hall–Kier alpha value is -1.06. The average Bonchev–Trinajstić information content (AvgIpc) is 2.82. The molecule has 0 bridgehead atoms. The van der Waals surface area contributed by atoms with Crippen molar-refractivity contribution in [2.75, 3.05) is 0 Å². The van der Waals surface area contributed by atoms with E-state index in [4.69, 9.17) is 11.6 Å². The Morgan fingerprint density at radius 3 is 2.43 bits per heavy atom. The van der Waals surface area contributed by atoms with Crippen LogP contribution in [0.2, 0.25) is 5.02 Å². The van der Waals surface area contributed by atoms with Crippen molar-refractivity contribution in [3.05, 3.63) is 34.9 Å². The number of benzene rings is 1. The first-order chi connectivity index (χ1) is 10.1. The van der Waals surface area contributed by atoms with E-state index >= 15 is 0 Å². The van der Waals surface area contributed by atoms with E-state index in [1.807, 2.05) is 24.3 Å². The van der Waals surface area contributed by atoms with Crippen LogP contribution in [0, 0.1) is 0 Å². The van der Waals surface area contributed by atoms with Gasteiger partial charge in [-0.05, 0) is 37.0 Å². The van der Waals surface area contributed by atoms with E-state index in [0.717, 1.165) is 36.3 Å². The highest BCUT2D eigenvalue weighted by Crippen LogP contribution is 2.31. The summed E-state index contributed by atoms with van der Waals surface area (Å²) < 4.78 is 0. The molecule has 0 radical (unpaired) electrons. The lowest BCUT2D eigenvalue weighted by atomic mass is 10.0. The third kappa shape index (κ3) is 3.41. The number of hydrogen-bond acceptors (Lipinski definition) is 2. The van der Waals surface area contributed by atoms with Crippen molar-refractivity contribution < 1.29 is 4.79 Å². The largest absolute Gasteiger partial charge is 0.319 e. The maximum Gasteiger partial charge on any atom is 0.241 e. The number of rotatable bonds is 6. The van der Waals surface area contributed by atoms with E-state index < -0.39 is 0 Å². The summed E-state index contributed by atoms with van der Waals surface area (Å²) in [5, 5.41) is 4.21. The van der Waals surface area contributed by atoms with Crippen LogP contribution in [0.4, 0.5) is 0 Å².